The summed E-state index contributed by atoms with van der Waals surface area (Å²) in [6.45, 7) is 3.73. The van der Waals surface area contributed by atoms with Gasteiger partial charge in [-0.25, -0.2) is 4.39 Å². The standard InChI is InChI=1S/C12H13BrFNO2/c1-12(2)6-17-10-8(14)4-7(13)5-9(10)15(3)11(12)16/h4-5H,6H2,1-3H3. The first-order valence-electron chi connectivity index (χ1n) is 5.23. The highest BCUT2D eigenvalue weighted by Gasteiger charge is 2.37. The molecule has 2 rings (SSSR count). The molecule has 0 radical (unpaired) electrons. The van der Waals surface area contributed by atoms with Crippen LogP contribution in [0.15, 0.2) is 16.6 Å². The Labute approximate surface area is 108 Å². The lowest BCUT2D eigenvalue weighted by Crippen LogP contribution is -2.39. The van der Waals surface area contributed by atoms with Crippen LogP contribution in [-0.2, 0) is 4.79 Å². The van der Waals surface area contributed by atoms with Crippen LogP contribution in [0.4, 0.5) is 10.1 Å². The van der Waals surface area contributed by atoms with E-state index in [-0.39, 0.29) is 18.3 Å². The van der Waals surface area contributed by atoms with Gasteiger partial charge < -0.3 is 9.64 Å². The average Bonchev–Trinajstić information content (AvgIpc) is 2.31. The minimum atomic E-state index is -0.660. The van der Waals surface area contributed by atoms with Gasteiger partial charge in [0.15, 0.2) is 11.6 Å². The number of nitrogens with zero attached hydrogens (tertiary/aromatic N) is 1. The van der Waals surface area contributed by atoms with E-state index in [0.717, 1.165) is 0 Å². The lowest BCUT2D eigenvalue weighted by molar-refractivity contribution is -0.127. The molecule has 0 bridgehead atoms. The summed E-state index contributed by atoms with van der Waals surface area (Å²) in [4.78, 5) is 13.6. The Morgan fingerprint density at radius 3 is 2.76 bits per heavy atom. The Hall–Kier alpha value is -1.10. The van der Waals surface area contributed by atoms with Gasteiger partial charge in [-0.05, 0) is 26.0 Å². The molecule has 0 N–H and O–H groups in total. The molecule has 0 spiro atoms. The number of halogens is 2. The van der Waals surface area contributed by atoms with E-state index in [1.807, 2.05) is 0 Å². The number of ether oxygens (including phenoxy) is 1. The first kappa shape index (κ1) is 12.4. The lowest BCUT2D eigenvalue weighted by Gasteiger charge is -2.24. The predicted octanol–water partition coefficient (Wildman–Crippen LogP) is 2.97. The van der Waals surface area contributed by atoms with Crippen molar-refractivity contribution in [2.45, 2.75) is 13.8 Å². The van der Waals surface area contributed by atoms with Crippen LogP contribution >= 0.6 is 15.9 Å². The maximum Gasteiger partial charge on any atom is 0.235 e. The summed E-state index contributed by atoms with van der Waals surface area (Å²) in [5.74, 6) is -0.421. The third-order valence-corrected chi connectivity index (χ3v) is 3.27. The molecule has 0 aliphatic carbocycles. The molecule has 1 aromatic rings. The van der Waals surface area contributed by atoms with E-state index in [1.165, 1.54) is 11.0 Å². The third-order valence-electron chi connectivity index (χ3n) is 2.81. The predicted molar refractivity (Wildman–Crippen MR) is 66.8 cm³/mol. The average molecular weight is 302 g/mol. The van der Waals surface area contributed by atoms with Crippen LogP contribution in [0.3, 0.4) is 0 Å². The topological polar surface area (TPSA) is 29.5 Å². The lowest BCUT2D eigenvalue weighted by atomic mass is 9.93. The van der Waals surface area contributed by atoms with Crippen LogP contribution in [0, 0.1) is 11.2 Å². The number of carbonyl (C=O) groups excluding carboxylic acids is 1. The number of rotatable bonds is 0. The number of amides is 1. The maximum absolute atomic E-state index is 13.8. The van der Waals surface area contributed by atoms with Crippen LogP contribution in [0.2, 0.25) is 0 Å². The highest BCUT2D eigenvalue weighted by atomic mass is 79.9. The van der Waals surface area contributed by atoms with Crippen molar-refractivity contribution in [1.82, 2.24) is 0 Å². The summed E-state index contributed by atoms with van der Waals surface area (Å²) in [6.07, 6.45) is 0. The van der Waals surface area contributed by atoms with Crippen molar-refractivity contribution in [2.24, 2.45) is 5.41 Å². The first-order chi connectivity index (χ1) is 7.83. The van der Waals surface area contributed by atoms with Crippen molar-refractivity contribution in [1.29, 1.82) is 0 Å². The molecule has 0 aromatic heterocycles. The summed E-state index contributed by atoms with van der Waals surface area (Å²) in [5, 5.41) is 0. The van der Waals surface area contributed by atoms with Gasteiger partial charge in [0.2, 0.25) is 5.91 Å². The summed E-state index contributed by atoms with van der Waals surface area (Å²) < 4.78 is 19.8. The van der Waals surface area contributed by atoms with E-state index in [0.29, 0.717) is 10.2 Å². The summed E-state index contributed by atoms with van der Waals surface area (Å²) in [7, 11) is 1.63. The summed E-state index contributed by atoms with van der Waals surface area (Å²) >= 11 is 3.21. The second-order valence-electron chi connectivity index (χ2n) is 4.77. The van der Waals surface area contributed by atoms with Crippen molar-refractivity contribution in [3.05, 3.63) is 22.4 Å². The SMILES string of the molecule is CN1C(=O)C(C)(C)COc2c(F)cc(Br)cc21. The second kappa shape index (κ2) is 3.98. The van der Waals surface area contributed by atoms with Crippen LogP contribution in [0.1, 0.15) is 13.8 Å². The summed E-state index contributed by atoms with van der Waals surface area (Å²) in [5.41, 5.74) is -0.209. The highest BCUT2D eigenvalue weighted by molar-refractivity contribution is 9.10. The molecule has 1 aliphatic heterocycles. The molecule has 5 heteroatoms. The minimum Gasteiger partial charge on any atom is -0.487 e. The Morgan fingerprint density at radius 1 is 1.47 bits per heavy atom. The van der Waals surface area contributed by atoms with Gasteiger partial charge in [0, 0.05) is 11.5 Å². The zero-order valence-corrected chi connectivity index (χ0v) is 11.5. The van der Waals surface area contributed by atoms with Gasteiger partial charge >= 0.3 is 0 Å². The van der Waals surface area contributed by atoms with Crippen LogP contribution in [0.5, 0.6) is 5.75 Å². The van der Waals surface area contributed by atoms with Gasteiger partial charge in [-0.3, -0.25) is 4.79 Å². The van der Waals surface area contributed by atoms with Crippen molar-refractivity contribution in [2.75, 3.05) is 18.6 Å². The van der Waals surface area contributed by atoms with Gasteiger partial charge in [0.25, 0.3) is 0 Å². The molecule has 0 fully saturated rings. The second-order valence-corrected chi connectivity index (χ2v) is 5.69. The van der Waals surface area contributed by atoms with E-state index in [4.69, 9.17) is 4.74 Å². The number of hydrogen-bond donors (Lipinski definition) is 0. The van der Waals surface area contributed by atoms with Gasteiger partial charge in [0.1, 0.15) is 6.61 Å². The number of carbonyl (C=O) groups is 1. The Bertz CT molecular complexity index is 488. The summed E-state index contributed by atoms with van der Waals surface area (Å²) in [6, 6.07) is 3.01. The molecule has 0 saturated heterocycles. The molecule has 1 aromatic carbocycles. The van der Waals surface area contributed by atoms with Gasteiger partial charge in [0.05, 0.1) is 11.1 Å². The van der Waals surface area contributed by atoms with E-state index < -0.39 is 11.2 Å². The van der Waals surface area contributed by atoms with E-state index in [9.17, 15) is 9.18 Å². The molecule has 0 saturated carbocycles. The number of hydrogen-bond acceptors (Lipinski definition) is 2. The van der Waals surface area contributed by atoms with E-state index in [2.05, 4.69) is 15.9 Å². The Kier molecular flexibility index (Phi) is 2.89. The van der Waals surface area contributed by atoms with Crippen molar-refractivity contribution >= 4 is 27.5 Å². The zero-order valence-electron chi connectivity index (χ0n) is 9.88. The molecule has 1 aliphatic rings. The Balaban J connectivity index is 2.59. The van der Waals surface area contributed by atoms with Gasteiger partial charge in [-0.2, -0.15) is 0 Å². The Morgan fingerprint density at radius 2 is 2.12 bits per heavy atom. The molecule has 1 heterocycles. The van der Waals surface area contributed by atoms with Crippen LogP contribution in [-0.4, -0.2) is 19.6 Å². The van der Waals surface area contributed by atoms with Gasteiger partial charge in [-0.1, -0.05) is 15.9 Å². The molecular weight excluding hydrogens is 289 g/mol. The molecule has 0 unspecified atom stereocenters. The van der Waals surface area contributed by atoms with E-state index in [1.54, 1.807) is 27.0 Å². The molecule has 92 valence electrons. The molecule has 1 amide bonds. The monoisotopic (exact) mass is 301 g/mol. The van der Waals surface area contributed by atoms with Crippen LogP contribution < -0.4 is 9.64 Å². The van der Waals surface area contributed by atoms with Crippen molar-refractivity contribution < 1.29 is 13.9 Å². The number of anilines is 1. The van der Waals surface area contributed by atoms with Crippen molar-refractivity contribution in [3.8, 4) is 5.75 Å². The number of benzene rings is 1. The maximum atomic E-state index is 13.8. The normalized spacial score (nSPS) is 18.4. The zero-order chi connectivity index (χ0) is 12.8. The highest BCUT2D eigenvalue weighted by Crippen LogP contribution is 2.39. The van der Waals surface area contributed by atoms with Crippen LogP contribution in [0.25, 0.3) is 0 Å². The third kappa shape index (κ3) is 2.04. The molecule has 0 atom stereocenters. The molecular formula is C12H13BrFNO2. The first-order valence-corrected chi connectivity index (χ1v) is 6.02. The van der Waals surface area contributed by atoms with Crippen molar-refractivity contribution in [3.63, 3.8) is 0 Å². The molecule has 17 heavy (non-hydrogen) atoms. The largest absolute Gasteiger partial charge is 0.487 e. The fourth-order valence-corrected chi connectivity index (χ4v) is 2.23. The minimum absolute atomic E-state index is 0.0891. The smallest absolute Gasteiger partial charge is 0.235 e. The van der Waals surface area contributed by atoms with E-state index >= 15 is 0 Å². The fourth-order valence-electron chi connectivity index (χ4n) is 1.82. The molecule has 3 nitrogen and oxygen atoms in total. The quantitative estimate of drug-likeness (QED) is 0.737. The number of fused-ring (bicyclic) bond motifs is 1. The fraction of sp³-hybridized carbons (Fsp3) is 0.417. The van der Waals surface area contributed by atoms with Gasteiger partial charge in [-0.15, -0.1) is 0 Å².